The molecule has 0 radical (unpaired) electrons. The van der Waals surface area contributed by atoms with E-state index < -0.39 is 0 Å². The monoisotopic (exact) mass is 224 g/mol. The summed E-state index contributed by atoms with van der Waals surface area (Å²) in [6.45, 7) is 3.19. The molecule has 1 fully saturated rings. The highest BCUT2D eigenvalue weighted by molar-refractivity contribution is 6.30. The van der Waals surface area contributed by atoms with E-state index in [-0.39, 0.29) is 0 Å². The molecule has 2 rings (SSSR count). The molecule has 1 saturated heterocycles. The molecule has 1 heterocycles. The van der Waals surface area contributed by atoms with Gasteiger partial charge in [0.25, 0.3) is 0 Å². The summed E-state index contributed by atoms with van der Waals surface area (Å²) >= 11 is 5.83. The van der Waals surface area contributed by atoms with Gasteiger partial charge in [0, 0.05) is 11.6 Å². The van der Waals surface area contributed by atoms with Crippen molar-refractivity contribution >= 4 is 11.6 Å². The van der Waals surface area contributed by atoms with Gasteiger partial charge in [-0.3, -0.25) is 0 Å². The summed E-state index contributed by atoms with van der Waals surface area (Å²) < 4.78 is 5.68. The minimum absolute atomic E-state index is 0.468. The van der Waals surface area contributed by atoms with E-state index in [4.69, 9.17) is 16.3 Å². The highest BCUT2D eigenvalue weighted by atomic mass is 35.5. The van der Waals surface area contributed by atoms with Crippen LogP contribution in [0.25, 0.3) is 0 Å². The number of benzene rings is 1. The fraction of sp³-hybridized carbons (Fsp3) is 0.538. The van der Waals surface area contributed by atoms with Gasteiger partial charge in [-0.1, -0.05) is 30.7 Å². The summed E-state index contributed by atoms with van der Waals surface area (Å²) in [5.74, 6) is 0.736. The Morgan fingerprint density at radius 2 is 2.07 bits per heavy atom. The Morgan fingerprint density at radius 3 is 2.67 bits per heavy atom. The van der Waals surface area contributed by atoms with Crippen LogP contribution in [0.4, 0.5) is 0 Å². The van der Waals surface area contributed by atoms with Gasteiger partial charge in [0.05, 0.1) is 6.10 Å². The fourth-order valence-electron chi connectivity index (χ4n) is 2.07. The molecule has 0 saturated carbocycles. The number of aryl methyl sites for hydroxylation is 1. The van der Waals surface area contributed by atoms with Crippen molar-refractivity contribution in [2.45, 2.75) is 32.3 Å². The Balaban J connectivity index is 1.80. The normalized spacial score (nSPS) is 25.7. The first-order valence-electron chi connectivity index (χ1n) is 5.60. The molecule has 2 atom stereocenters. The Hall–Kier alpha value is -0.530. The smallest absolute Gasteiger partial charge is 0.0581 e. The van der Waals surface area contributed by atoms with Crippen molar-refractivity contribution in [1.82, 2.24) is 0 Å². The third-order valence-electron chi connectivity index (χ3n) is 2.95. The third-order valence-corrected chi connectivity index (χ3v) is 3.20. The van der Waals surface area contributed by atoms with E-state index in [0.29, 0.717) is 6.10 Å². The zero-order chi connectivity index (χ0) is 10.7. The topological polar surface area (TPSA) is 9.23 Å². The zero-order valence-corrected chi connectivity index (χ0v) is 9.83. The number of hydrogen-bond donors (Lipinski definition) is 0. The molecular weight excluding hydrogens is 208 g/mol. The van der Waals surface area contributed by atoms with Gasteiger partial charge < -0.3 is 4.74 Å². The second kappa shape index (κ2) is 5.00. The molecule has 0 aromatic heterocycles. The van der Waals surface area contributed by atoms with Crippen LogP contribution in [0.3, 0.4) is 0 Å². The molecule has 1 aliphatic rings. The number of hydrogen-bond acceptors (Lipinski definition) is 1. The maximum atomic E-state index is 5.83. The second-order valence-corrected chi connectivity index (χ2v) is 4.90. The maximum Gasteiger partial charge on any atom is 0.0581 e. The van der Waals surface area contributed by atoms with Crippen molar-refractivity contribution in [3.63, 3.8) is 0 Å². The summed E-state index contributed by atoms with van der Waals surface area (Å²) in [6, 6.07) is 8.10. The molecule has 1 unspecified atom stereocenters. The van der Waals surface area contributed by atoms with Gasteiger partial charge in [0.2, 0.25) is 0 Å². The van der Waals surface area contributed by atoms with Gasteiger partial charge in [-0.25, -0.2) is 0 Å². The van der Waals surface area contributed by atoms with E-state index in [9.17, 15) is 0 Å². The first-order chi connectivity index (χ1) is 7.24. The molecule has 0 bridgehead atoms. The van der Waals surface area contributed by atoms with Gasteiger partial charge in [0.15, 0.2) is 0 Å². The molecule has 1 aliphatic heterocycles. The Labute approximate surface area is 96.4 Å². The zero-order valence-electron chi connectivity index (χ0n) is 9.08. The highest BCUT2D eigenvalue weighted by Gasteiger charge is 2.21. The van der Waals surface area contributed by atoms with Crippen molar-refractivity contribution in [1.29, 1.82) is 0 Å². The molecule has 2 heteroatoms. The SMILES string of the molecule is C[C@H]1COC(CCc2ccc(Cl)cc2)C1. The van der Waals surface area contributed by atoms with E-state index in [2.05, 4.69) is 19.1 Å². The highest BCUT2D eigenvalue weighted by Crippen LogP contribution is 2.22. The average molecular weight is 225 g/mol. The Kier molecular flexibility index (Phi) is 3.66. The lowest BCUT2D eigenvalue weighted by atomic mass is 10.0. The number of halogens is 1. The van der Waals surface area contributed by atoms with Gasteiger partial charge in [-0.15, -0.1) is 0 Å². The van der Waals surface area contributed by atoms with Crippen LogP contribution < -0.4 is 0 Å². The lowest BCUT2D eigenvalue weighted by Gasteiger charge is -2.08. The molecule has 82 valence electrons. The first kappa shape index (κ1) is 11.0. The lowest BCUT2D eigenvalue weighted by molar-refractivity contribution is 0.101. The van der Waals surface area contributed by atoms with Crippen LogP contribution in [0, 0.1) is 5.92 Å². The largest absolute Gasteiger partial charge is 0.378 e. The van der Waals surface area contributed by atoms with E-state index >= 15 is 0 Å². The summed E-state index contributed by atoms with van der Waals surface area (Å²) in [6.07, 6.45) is 3.91. The second-order valence-electron chi connectivity index (χ2n) is 4.46. The van der Waals surface area contributed by atoms with Crippen molar-refractivity contribution in [2.24, 2.45) is 5.92 Å². The minimum Gasteiger partial charge on any atom is -0.378 e. The molecule has 0 N–H and O–H groups in total. The van der Waals surface area contributed by atoms with E-state index in [1.165, 1.54) is 12.0 Å². The Morgan fingerprint density at radius 1 is 1.33 bits per heavy atom. The molecular formula is C13H17ClO. The predicted octanol–water partition coefficient (Wildman–Crippen LogP) is 3.70. The van der Waals surface area contributed by atoms with Crippen LogP contribution in [0.5, 0.6) is 0 Å². The van der Waals surface area contributed by atoms with Crippen LogP contribution >= 0.6 is 11.6 Å². The van der Waals surface area contributed by atoms with Crippen molar-refractivity contribution in [3.8, 4) is 0 Å². The fourth-order valence-corrected chi connectivity index (χ4v) is 2.19. The van der Waals surface area contributed by atoms with Crippen LogP contribution in [0.15, 0.2) is 24.3 Å². The summed E-state index contributed by atoms with van der Waals surface area (Å²) in [5.41, 5.74) is 1.35. The molecule has 0 spiro atoms. The van der Waals surface area contributed by atoms with Crippen molar-refractivity contribution in [2.75, 3.05) is 6.61 Å². The number of ether oxygens (including phenoxy) is 1. The maximum absolute atomic E-state index is 5.83. The lowest BCUT2D eigenvalue weighted by Crippen LogP contribution is -2.06. The van der Waals surface area contributed by atoms with Crippen molar-refractivity contribution < 1.29 is 4.74 Å². The summed E-state index contributed by atoms with van der Waals surface area (Å²) in [5, 5.41) is 0.810. The van der Waals surface area contributed by atoms with Crippen LogP contribution in [-0.4, -0.2) is 12.7 Å². The van der Waals surface area contributed by atoms with Crippen LogP contribution in [0.2, 0.25) is 5.02 Å². The standard InChI is InChI=1S/C13H17ClO/c1-10-8-13(15-9-10)7-4-11-2-5-12(14)6-3-11/h2-3,5-6,10,13H,4,7-9H2,1H3/t10-,13?/m1/s1. The van der Waals surface area contributed by atoms with Crippen LogP contribution in [-0.2, 0) is 11.2 Å². The summed E-state index contributed by atoms with van der Waals surface area (Å²) in [7, 11) is 0. The molecule has 1 nitrogen and oxygen atoms in total. The molecule has 0 aliphatic carbocycles. The molecule has 0 amide bonds. The predicted molar refractivity (Wildman–Crippen MR) is 63.3 cm³/mol. The van der Waals surface area contributed by atoms with Gasteiger partial charge in [-0.05, 0) is 42.9 Å². The molecule has 15 heavy (non-hydrogen) atoms. The average Bonchev–Trinajstić information content (AvgIpc) is 2.64. The number of rotatable bonds is 3. The Bertz CT molecular complexity index is 307. The first-order valence-corrected chi connectivity index (χ1v) is 5.98. The molecule has 1 aromatic rings. The quantitative estimate of drug-likeness (QED) is 0.761. The van der Waals surface area contributed by atoms with Gasteiger partial charge in [-0.2, -0.15) is 0 Å². The summed E-state index contributed by atoms with van der Waals surface area (Å²) in [4.78, 5) is 0. The van der Waals surface area contributed by atoms with Gasteiger partial charge >= 0.3 is 0 Å². The third kappa shape index (κ3) is 3.22. The van der Waals surface area contributed by atoms with E-state index in [1.54, 1.807) is 0 Å². The minimum atomic E-state index is 0.468. The van der Waals surface area contributed by atoms with E-state index in [1.807, 2.05) is 12.1 Å². The van der Waals surface area contributed by atoms with Gasteiger partial charge in [0.1, 0.15) is 0 Å². The van der Waals surface area contributed by atoms with E-state index in [0.717, 1.165) is 30.4 Å². The van der Waals surface area contributed by atoms with Crippen LogP contribution in [0.1, 0.15) is 25.3 Å². The molecule has 1 aromatic carbocycles. The van der Waals surface area contributed by atoms with Crippen molar-refractivity contribution in [3.05, 3.63) is 34.9 Å².